The molecule has 1 aliphatic carbocycles. The third-order valence-corrected chi connectivity index (χ3v) is 11.7. The van der Waals surface area contributed by atoms with Gasteiger partial charge in [0.25, 0.3) is 0 Å². The molecule has 0 heterocycles. The Morgan fingerprint density at radius 1 is 0.345 bits per heavy atom. The number of anilines is 3. The van der Waals surface area contributed by atoms with Crippen LogP contribution in [0.15, 0.2) is 194 Å². The van der Waals surface area contributed by atoms with Crippen LogP contribution in [0.2, 0.25) is 0 Å². The number of nitrogens with zero attached hydrogens (tertiary/aromatic N) is 1. The summed E-state index contributed by atoms with van der Waals surface area (Å²) in [4.78, 5) is 2.49. The van der Waals surface area contributed by atoms with Crippen LogP contribution in [-0.4, -0.2) is 0 Å². The average molecular weight is 704 g/mol. The second-order valence-corrected chi connectivity index (χ2v) is 15.5. The van der Waals surface area contributed by atoms with Gasteiger partial charge in [-0.25, -0.2) is 0 Å². The second kappa shape index (κ2) is 13.0. The zero-order chi connectivity index (χ0) is 37.1. The van der Waals surface area contributed by atoms with Crippen molar-refractivity contribution in [2.24, 2.45) is 0 Å². The Morgan fingerprint density at radius 2 is 0.891 bits per heavy atom. The van der Waals surface area contributed by atoms with Gasteiger partial charge in [0.05, 0.1) is 5.69 Å². The molecule has 1 nitrogen and oxygen atoms in total. The molecule has 0 bridgehead atoms. The number of aryl methyl sites for hydroxylation is 1. The molecule has 1 aliphatic rings. The fourth-order valence-electron chi connectivity index (χ4n) is 8.86. The van der Waals surface area contributed by atoms with E-state index in [1.165, 1.54) is 88.4 Å². The van der Waals surface area contributed by atoms with Crippen molar-refractivity contribution in [3.63, 3.8) is 0 Å². The van der Waals surface area contributed by atoms with Gasteiger partial charge in [-0.1, -0.05) is 159 Å². The van der Waals surface area contributed by atoms with Crippen molar-refractivity contribution >= 4 is 38.6 Å². The Kier molecular flexibility index (Phi) is 7.78. The summed E-state index contributed by atoms with van der Waals surface area (Å²) < 4.78 is 0. The highest BCUT2D eigenvalue weighted by molar-refractivity contribution is 5.96. The number of hydrogen-bond acceptors (Lipinski definition) is 1. The van der Waals surface area contributed by atoms with Crippen molar-refractivity contribution < 1.29 is 0 Å². The molecule has 0 radical (unpaired) electrons. The summed E-state index contributed by atoms with van der Waals surface area (Å²) >= 11 is 0. The van der Waals surface area contributed by atoms with Crippen LogP contribution >= 0.6 is 0 Å². The van der Waals surface area contributed by atoms with E-state index in [1.807, 2.05) is 0 Å². The first-order chi connectivity index (χ1) is 26.9. The fourth-order valence-corrected chi connectivity index (χ4v) is 8.86. The zero-order valence-electron chi connectivity index (χ0n) is 31.4. The summed E-state index contributed by atoms with van der Waals surface area (Å²) in [7, 11) is 0. The molecular formula is C54H41N. The largest absolute Gasteiger partial charge is 0.310 e. The quantitative estimate of drug-likeness (QED) is 0.167. The van der Waals surface area contributed by atoms with E-state index >= 15 is 0 Å². The highest BCUT2D eigenvalue weighted by Gasteiger charge is 2.36. The molecule has 9 aromatic carbocycles. The molecule has 10 rings (SSSR count). The lowest BCUT2D eigenvalue weighted by molar-refractivity contribution is 0.660. The minimum Gasteiger partial charge on any atom is -0.310 e. The third kappa shape index (κ3) is 5.63. The monoisotopic (exact) mass is 703 g/mol. The number of hydrogen-bond donors (Lipinski definition) is 0. The van der Waals surface area contributed by atoms with Crippen LogP contribution in [0, 0.1) is 6.92 Å². The first-order valence-corrected chi connectivity index (χ1v) is 19.3. The molecule has 0 saturated heterocycles. The van der Waals surface area contributed by atoms with Crippen molar-refractivity contribution in [1.82, 2.24) is 0 Å². The van der Waals surface area contributed by atoms with Gasteiger partial charge in [-0.3, -0.25) is 0 Å². The van der Waals surface area contributed by atoms with Crippen molar-refractivity contribution in [2.45, 2.75) is 26.2 Å². The van der Waals surface area contributed by atoms with Crippen LogP contribution in [0.1, 0.15) is 30.5 Å². The van der Waals surface area contributed by atoms with Crippen molar-refractivity contribution in [1.29, 1.82) is 0 Å². The second-order valence-electron chi connectivity index (χ2n) is 15.5. The Balaban J connectivity index is 1.18. The van der Waals surface area contributed by atoms with Gasteiger partial charge in [0, 0.05) is 22.4 Å². The lowest BCUT2D eigenvalue weighted by atomic mass is 9.82. The van der Waals surface area contributed by atoms with Gasteiger partial charge >= 0.3 is 0 Å². The van der Waals surface area contributed by atoms with Crippen LogP contribution in [0.25, 0.3) is 66.1 Å². The van der Waals surface area contributed by atoms with E-state index in [2.05, 4.69) is 220 Å². The standard InChI is InChI=1S/C54H41N/c1-36-31-45(44-24-22-38-14-8-10-18-42(38)33-44)34-50(40-15-5-4-6-16-40)53(36)55(47-29-30-49-48-19-11-12-20-51(48)54(2,3)52(49)35-47)46-27-25-39(26-28-46)43-23-21-37-13-7-9-17-41(37)32-43/h4-35H,1-3H3. The van der Waals surface area contributed by atoms with Gasteiger partial charge < -0.3 is 4.90 Å². The van der Waals surface area contributed by atoms with E-state index < -0.39 is 0 Å². The summed E-state index contributed by atoms with van der Waals surface area (Å²) in [6.07, 6.45) is 0. The predicted octanol–water partition coefficient (Wildman–Crippen LogP) is 15.1. The van der Waals surface area contributed by atoms with Gasteiger partial charge in [-0.15, -0.1) is 0 Å². The molecule has 0 N–H and O–H groups in total. The Labute approximate surface area is 323 Å². The molecule has 0 atom stereocenters. The molecule has 0 aliphatic heterocycles. The molecule has 0 unspecified atom stereocenters. The Bertz CT molecular complexity index is 2900. The molecule has 0 fully saturated rings. The van der Waals surface area contributed by atoms with Crippen LogP contribution in [-0.2, 0) is 5.41 Å². The fraction of sp³-hybridized carbons (Fsp3) is 0.0741. The van der Waals surface area contributed by atoms with Crippen molar-refractivity contribution in [2.75, 3.05) is 4.90 Å². The molecular weight excluding hydrogens is 663 g/mol. The van der Waals surface area contributed by atoms with E-state index in [0.29, 0.717) is 0 Å². The van der Waals surface area contributed by atoms with Gasteiger partial charge in [0.2, 0.25) is 0 Å². The maximum absolute atomic E-state index is 2.49. The minimum atomic E-state index is -0.120. The summed E-state index contributed by atoms with van der Waals surface area (Å²) in [5.41, 5.74) is 17.2. The molecule has 0 amide bonds. The highest BCUT2D eigenvalue weighted by atomic mass is 15.1. The van der Waals surface area contributed by atoms with E-state index in [-0.39, 0.29) is 5.41 Å². The van der Waals surface area contributed by atoms with E-state index in [4.69, 9.17) is 0 Å². The normalized spacial score (nSPS) is 12.8. The van der Waals surface area contributed by atoms with Crippen molar-refractivity contribution in [3.8, 4) is 44.5 Å². The SMILES string of the molecule is Cc1cc(-c2ccc3ccccc3c2)cc(-c2ccccc2)c1N(c1ccc(-c2ccc3ccccc3c2)cc1)c1ccc2c(c1)C(C)(C)c1ccccc1-2. The molecule has 0 spiro atoms. The summed E-state index contributed by atoms with van der Waals surface area (Å²) in [5, 5.41) is 5.01. The predicted molar refractivity (Wildman–Crippen MR) is 235 cm³/mol. The van der Waals surface area contributed by atoms with E-state index in [1.54, 1.807) is 0 Å². The summed E-state index contributed by atoms with van der Waals surface area (Å²) in [6, 6.07) is 71.6. The molecule has 0 saturated carbocycles. The topological polar surface area (TPSA) is 3.24 Å². The summed E-state index contributed by atoms with van der Waals surface area (Å²) in [6.45, 7) is 7.00. The van der Waals surface area contributed by atoms with Crippen molar-refractivity contribution in [3.05, 3.63) is 211 Å². The molecule has 55 heavy (non-hydrogen) atoms. The van der Waals surface area contributed by atoms with Crippen LogP contribution in [0.5, 0.6) is 0 Å². The smallest absolute Gasteiger partial charge is 0.0569 e. The van der Waals surface area contributed by atoms with Gasteiger partial charge in [-0.2, -0.15) is 0 Å². The maximum atomic E-state index is 2.49. The van der Waals surface area contributed by atoms with Crippen LogP contribution in [0.4, 0.5) is 17.1 Å². The van der Waals surface area contributed by atoms with E-state index in [0.717, 1.165) is 11.4 Å². The van der Waals surface area contributed by atoms with Crippen LogP contribution in [0.3, 0.4) is 0 Å². The first kappa shape index (κ1) is 32.9. The van der Waals surface area contributed by atoms with Gasteiger partial charge in [0.15, 0.2) is 0 Å². The zero-order valence-corrected chi connectivity index (χ0v) is 31.4. The van der Waals surface area contributed by atoms with E-state index in [9.17, 15) is 0 Å². The third-order valence-electron chi connectivity index (χ3n) is 11.7. The van der Waals surface area contributed by atoms with Gasteiger partial charge in [-0.05, 0) is 133 Å². The molecule has 262 valence electrons. The summed E-state index contributed by atoms with van der Waals surface area (Å²) in [5.74, 6) is 0. The lowest BCUT2D eigenvalue weighted by Crippen LogP contribution is -2.17. The first-order valence-electron chi connectivity index (χ1n) is 19.3. The highest BCUT2D eigenvalue weighted by Crippen LogP contribution is 2.52. The number of benzene rings is 9. The lowest BCUT2D eigenvalue weighted by Gasteiger charge is -2.31. The molecule has 9 aromatic rings. The van der Waals surface area contributed by atoms with Crippen LogP contribution < -0.4 is 4.90 Å². The average Bonchev–Trinajstić information content (AvgIpc) is 3.47. The Hall–Kier alpha value is -6.70. The Morgan fingerprint density at radius 3 is 1.58 bits per heavy atom. The number of rotatable bonds is 6. The molecule has 1 heteroatoms. The van der Waals surface area contributed by atoms with Gasteiger partial charge in [0.1, 0.15) is 0 Å². The minimum absolute atomic E-state index is 0.120. The number of fused-ring (bicyclic) bond motifs is 5. The molecule has 0 aromatic heterocycles. The maximum Gasteiger partial charge on any atom is 0.0569 e.